The van der Waals surface area contributed by atoms with E-state index >= 15 is 0 Å². The first-order chi connectivity index (χ1) is 7.27. The average Bonchev–Trinajstić information content (AvgIpc) is 2.14. The van der Waals surface area contributed by atoms with Gasteiger partial charge in [-0.3, -0.25) is 0 Å². The molecule has 0 radical (unpaired) electrons. The lowest BCUT2D eigenvalue weighted by molar-refractivity contribution is 0.0590. The van der Waals surface area contributed by atoms with Gasteiger partial charge in [0.05, 0.1) is 12.0 Å². The van der Waals surface area contributed by atoms with Gasteiger partial charge in [0.25, 0.3) is 0 Å². The molecule has 0 aliphatic heterocycles. The summed E-state index contributed by atoms with van der Waals surface area (Å²) in [5.41, 5.74) is -0.576. The third-order valence-electron chi connectivity index (χ3n) is 1.81. The van der Waals surface area contributed by atoms with Crippen LogP contribution in [0.4, 0.5) is 4.39 Å². The first-order valence-corrected chi connectivity index (χ1v) is 6.73. The Morgan fingerprint density at radius 3 is 2.44 bits per heavy atom. The van der Waals surface area contributed by atoms with E-state index in [1.165, 1.54) is 0 Å². The molecule has 0 saturated carbocycles. The lowest BCUT2D eigenvalue weighted by Crippen LogP contribution is -2.12. The van der Waals surface area contributed by atoms with Crippen LogP contribution in [0.25, 0.3) is 0 Å². The fraction of sp³-hybridized carbons (Fsp3) is 0.222. The normalized spacial score (nSPS) is 11.2. The Balaban J connectivity index is 3.64. The first kappa shape index (κ1) is 13.1. The first-order valence-electron chi connectivity index (χ1n) is 4.04. The minimum atomic E-state index is -3.70. The van der Waals surface area contributed by atoms with Gasteiger partial charge in [0, 0.05) is 10.7 Å². The maximum atomic E-state index is 13.5. The molecule has 0 aliphatic carbocycles. The van der Waals surface area contributed by atoms with Crippen LogP contribution in [0, 0.1) is 5.82 Å². The van der Waals surface area contributed by atoms with Crippen LogP contribution in [0.3, 0.4) is 0 Å². The minimum Gasteiger partial charge on any atom is -0.465 e. The highest BCUT2D eigenvalue weighted by Crippen LogP contribution is 2.25. The maximum Gasteiger partial charge on any atom is 0.342 e. The molecule has 4 nitrogen and oxygen atoms in total. The van der Waals surface area contributed by atoms with Crippen LogP contribution in [0.15, 0.2) is 21.5 Å². The second-order valence-corrected chi connectivity index (χ2v) is 5.92. The van der Waals surface area contributed by atoms with Gasteiger partial charge in [0.15, 0.2) is 9.84 Å². The Bertz CT molecular complexity index is 539. The van der Waals surface area contributed by atoms with Crippen LogP contribution in [0.1, 0.15) is 10.4 Å². The van der Waals surface area contributed by atoms with E-state index in [2.05, 4.69) is 20.7 Å². The molecule has 0 aliphatic rings. The van der Waals surface area contributed by atoms with E-state index in [1.807, 2.05) is 0 Å². The summed E-state index contributed by atoms with van der Waals surface area (Å²) in [6.07, 6.45) is 0.890. The predicted molar refractivity (Wildman–Crippen MR) is 58.5 cm³/mol. The molecule has 0 atom stereocenters. The van der Waals surface area contributed by atoms with E-state index in [0.29, 0.717) is 0 Å². The number of rotatable bonds is 2. The highest BCUT2D eigenvalue weighted by molar-refractivity contribution is 9.10. The summed E-state index contributed by atoms with van der Waals surface area (Å²) in [4.78, 5) is 10.9. The van der Waals surface area contributed by atoms with Gasteiger partial charge in [-0.2, -0.15) is 0 Å². The van der Waals surface area contributed by atoms with Gasteiger partial charge < -0.3 is 4.74 Å². The van der Waals surface area contributed by atoms with E-state index in [-0.39, 0.29) is 4.47 Å². The number of hydrogen-bond acceptors (Lipinski definition) is 4. The monoisotopic (exact) mass is 310 g/mol. The molecular formula is C9H8BrFO4S. The van der Waals surface area contributed by atoms with Crippen LogP contribution in [-0.4, -0.2) is 27.8 Å². The smallest absolute Gasteiger partial charge is 0.342 e. The van der Waals surface area contributed by atoms with Crippen molar-refractivity contribution in [1.82, 2.24) is 0 Å². The second-order valence-electron chi connectivity index (χ2n) is 3.02. The summed E-state index contributed by atoms with van der Waals surface area (Å²) >= 11 is 2.95. The third-order valence-corrected chi connectivity index (χ3v) is 3.39. The average molecular weight is 311 g/mol. The molecule has 1 rings (SSSR count). The lowest BCUT2D eigenvalue weighted by atomic mass is 10.2. The third kappa shape index (κ3) is 2.59. The molecule has 88 valence electrons. The summed E-state index contributed by atoms with van der Waals surface area (Å²) in [6.45, 7) is 0. The molecular weight excluding hydrogens is 303 g/mol. The van der Waals surface area contributed by atoms with Gasteiger partial charge in [0.2, 0.25) is 0 Å². The number of ether oxygens (including phenoxy) is 1. The number of methoxy groups -OCH3 is 1. The van der Waals surface area contributed by atoms with Gasteiger partial charge in [-0.05, 0) is 12.1 Å². The Morgan fingerprint density at radius 1 is 1.44 bits per heavy atom. The summed E-state index contributed by atoms with van der Waals surface area (Å²) in [7, 11) is -2.65. The quantitative estimate of drug-likeness (QED) is 0.781. The number of sulfone groups is 1. The molecule has 0 fully saturated rings. The molecule has 0 unspecified atom stereocenters. The fourth-order valence-electron chi connectivity index (χ4n) is 1.14. The maximum absolute atomic E-state index is 13.5. The fourth-order valence-corrected chi connectivity index (χ4v) is 2.62. The van der Waals surface area contributed by atoms with Crippen molar-refractivity contribution in [2.75, 3.05) is 13.4 Å². The van der Waals surface area contributed by atoms with E-state index < -0.39 is 32.1 Å². The Kier molecular flexibility index (Phi) is 3.69. The number of halogens is 2. The Hall–Kier alpha value is -0.950. The highest BCUT2D eigenvalue weighted by Gasteiger charge is 2.24. The molecule has 0 N–H and O–H groups in total. The lowest BCUT2D eigenvalue weighted by Gasteiger charge is -2.07. The predicted octanol–water partition coefficient (Wildman–Crippen LogP) is 1.78. The zero-order valence-corrected chi connectivity index (χ0v) is 10.9. The molecule has 16 heavy (non-hydrogen) atoms. The van der Waals surface area contributed by atoms with Crippen molar-refractivity contribution in [2.24, 2.45) is 0 Å². The minimum absolute atomic E-state index is 0.234. The van der Waals surface area contributed by atoms with Crippen molar-refractivity contribution in [3.8, 4) is 0 Å². The molecule has 0 saturated heterocycles. The molecule has 7 heteroatoms. The van der Waals surface area contributed by atoms with Gasteiger partial charge in [0.1, 0.15) is 11.4 Å². The molecule has 1 aromatic rings. The molecule has 0 amide bonds. The largest absolute Gasteiger partial charge is 0.465 e. The molecule has 0 spiro atoms. The van der Waals surface area contributed by atoms with Crippen molar-refractivity contribution in [3.05, 3.63) is 28.0 Å². The van der Waals surface area contributed by atoms with Crippen molar-refractivity contribution in [3.63, 3.8) is 0 Å². The molecule has 0 aromatic heterocycles. The number of carbonyl (C=O) groups is 1. The zero-order chi connectivity index (χ0) is 12.5. The Labute approximate surface area is 100 Å². The van der Waals surface area contributed by atoms with Crippen molar-refractivity contribution >= 4 is 31.7 Å². The molecule has 0 heterocycles. The number of carbonyl (C=O) groups excluding carboxylic acids is 1. The number of benzene rings is 1. The van der Waals surface area contributed by atoms with Gasteiger partial charge >= 0.3 is 5.97 Å². The SMILES string of the molecule is COC(=O)c1c(F)cc(Br)cc1S(C)(=O)=O. The van der Waals surface area contributed by atoms with Crippen LogP contribution in [-0.2, 0) is 14.6 Å². The number of hydrogen-bond donors (Lipinski definition) is 0. The summed E-state index contributed by atoms with van der Waals surface area (Å²) in [5.74, 6) is -1.97. The number of esters is 1. The van der Waals surface area contributed by atoms with E-state index in [9.17, 15) is 17.6 Å². The molecule has 1 aromatic carbocycles. The Morgan fingerprint density at radius 2 is 2.00 bits per heavy atom. The summed E-state index contributed by atoms with van der Waals surface area (Å²) in [6, 6.07) is 2.16. The standard InChI is InChI=1S/C9H8BrFO4S/c1-15-9(12)8-6(11)3-5(10)4-7(8)16(2,13)14/h3-4H,1-2H3. The van der Waals surface area contributed by atoms with Crippen LogP contribution in [0.2, 0.25) is 0 Å². The zero-order valence-electron chi connectivity index (χ0n) is 8.45. The van der Waals surface area contributed by atoms with Gasteiger partial charge in [-0.1, -0.05) is 15.9 Å². The topological polar surface area (TPSA) is 60.4 Å². The van der Waals surface area contributed by atoms with Gasteiger partial charge in [-0.25, -0.2) is 17.6 Å². The van der Waals surface area contributed by atoms with E-state index in [1.54, 1.807) is 0 Å². The van der Waals surface area contributed by atoms with Crippen molar-refractivity contribution < 1.29 is 22.3 Å². The second kappa shape index (κ2) is 4.50. The summed E-state index contributed by atoms with van der Waals surface area (Å²) < 4.78 is 40.8. The molecule has 0 bridgehead atoms. The van der Waals surface area contributed by atoms with Crippen LogP contribution >= 0.6 is 15.9 Å². The summed E-state index contributed by atoms with van der Waals surface area (Å²) in [5, 5.41) is 0. The van der Waals surface area contributed by atoms with Gasteiger partial charge in [-0.15, -0.1) is 0 Å². The van der Waals surface area contributed by atoms with Crippen LogP contribution in [0.5, 0.6) is 0 Å². The van der Waals surface area contributed by atoms with E-state index in [0.717, 1.165) is 25.5 Å². The van der Waals surface area contributed by atoms with Crippen LogP contribution < -0.4 is 0 Å². The highest BCUT2D eigenvalue weighted by atomic mass is 79.9. The van der Waals surface area contributed by atoms with E-state index in [4.69, 9.17) is 0 Å². The van der Waals surface area contributed by atoms with Crippen molar-refractivity contribution in [2.45, 2.75) is 4.90 Å². The van der Waals surface area contributed by atoms with Crippen molar-refractivity contribution in [1.29, 1.82) is 0 Å².